The van der Waals surface area contributed by atoms with Crippen LogP contribution in [0.1, 0.15) is 44.9 Å². The monoisotopic (exact) mass is 492 g/mol. The number of likely N-dealkylation sites (tertiary alicyclic amines) is 1. The molecule has 7 rings (SSSR count). The number of imide groups is 1. The molecule has 2 aliphatic heterocycles. The van der Waals surface area contributed by atoms with Crippen LogP contribution in [0.4, 0.5) is 5.82 Å². The summed E-state index contributed by atoms with van der Waals surface area (Å²) in [7, 11) is 0. The molecule has 0 unspecified atom stereocenters. The van der Waals surface area contributed by atoms with Crippen LogP contribution in [-0.4, -0.2) is 65.3 Å². The highest BCUT2D eigenvalue weighted by molar-refractivity contribution is 7.13. The molecule has 2 aromatic rings. The first-order valence-electron chi connectivity index (χ1n) is 13.8. The Kier molecular flexibility index (Phi) is 5.61. The lowest BCUT2D eigenvalue weighted by Gasteiger charge is -2.40. The number of aromatic nitrogens is 1. The van der Waals surface area contributed by atoms with Crippen molar-refractivity contribution in [3.8, 4) is 0 Å². The third kappa shape index (κ3) is 3.72. The summed E-state index contributed by atoms with van der Waals surface area (Å²) in [6.07, 6.45) is 8.35. The van der Waals surface area contributed by atoms with E-state index in [1.54, 1.807) is 16.4 Å². The minimum absolute atomic E-state index is 0.0261. The summed E-state index contributed by atoms with van der Waals surface area (Å²) in [6.45, 7) is 5.93. The summed E-state index contributed by atoms with van der Waals surface area (Å²) in [5, 5.41) is 1.27. The molecule has 0 N–H and O–H groups in total. The molecule has 5 fully saturated rings. The summed E-state index contributed by atoms with van der Waals surface area (Å²) in [6, 6.07) is 8.54. The van der Waals surface area contributed by atoms with E-state index in [-0.39, 0.29) is 23.7 Å². The molecule has 0 radical (unpaired) electrons. The van der Waals surface area contributed by atoms with Gasteiger partial charge in [0.15, 0.2) is 0 Å². The van der Waals surface area contributed by atoms with E-state index in [4.69, 9.17) is 4.37 Å². The minimum atomic E-state index is 0.0261. The van der Waals surface area contributed by atoms with Crippen molar-refractivity contribution >= 4 is 39.3 Å². The van der Waals surface area contributed by atoms with Crippen LogP contribution in [0, 0.1) is 35.5 Å². The van der Waals surface area contributed by atoms with Gasteiger partial charge in [-0.25, -0.2) is 0 Å². The lowest BCUT2D eigenvalue weighted by molar-refractivity contribution is -0.142. The molecule has 7 heteroatoms. The smallest absolute Gasteiger partial charge is 0.233 e. The predicted molar refractivity (Wildman–Crippen MR) is 138 cm³/mol. The van der Waals surface area contributed by atoms with Gasteiger partial charge in [0, 0.05) is 44.7 Å². The molecule has 2 bridgehead atoms. The molecule has 3 aliphatic carbocycles. The van der Waals surface area contributed by atoms with Crippen molar-refractivity contribution in [1.29, 1.82) is 0 Å². The largest absolute Gasteiger partial charge is 0.353 e. The van der Waals surface area contributed by atoms with E-state index in [9.17, 15) is 9.59 Å². The van der Waals surface area contributed by atoms with Crippen LogP contribution in [0.2, 0.25) is 0 Å². The van der Waals surface area contributed by atoms with Gasteiger partial charge in [0.1, 0.15) is 5.82 Å². The molecule has 1 aromatic carbocycles. The Hall–Kier alpha value is -1.99. The Morgan fingerprint density at radius 3 is 2.20 bits per heavy atom. The van der Waals surface area contributed by atoms with E-state index in [2.05, 4.69) is 34.1 Å². The molecule has 2 saturated heterocycles. The van der Waals surface area contributed by atoms with E-state index in [0.717, 1.165) is 64.2 Å². The number of rotatable bonds is 5. The summed E-state index contributed by atoms with van der Waals surface area (Å²) in [4.78, 5) is 33.4. The number of fused-ring (bicyclic) bond motifs is 6. The fraction of sp³-hybridized carbons (Fsp3) is 0.679. The lowest BCUT2D eigenvalue weighted by atomic mass is 9.78. The van der Waals surface area contributed by atoms with Gasteiger partial charge >= 0.3 is 0 Å². The summed E-state index contributed by atoms with van der Waals surface area (Å²) in [5.41, 5.74) is 0. The minimum Gasteiger partial charge on any atom is -0.353 e. The fourth-order valence-electron chi connectivity index (χ4n) is 8.22. The number of nitrogens with zero attached hydrogens (tertiary/aromatic N) is 4. The summed E-state index contributed by atoms with van der Waals surface area (Å²) in [5.74, 6) is 3.59. The topological polar surface area (TPSA) is 56.8 Å². The van der Waals surface area contributed by atoms with Crippen LogP contribution < -0.4 is 4.90 Å². The van der Waals surface area contributed by atoms with Crippen LogP contribution >= 0.6 is 11.5 Å². The van der Waals surface area contributed by atoms with E-state index < -0.39 is 0 Å². The van der Waals surface area contributed by atoms with Gasteiger partial charge in [-0.15, -0.1) is 0 Å². The predicted octanol–water partition coefficient (Wildman–Crippen LogP) is 4.26. The number of anilines is 1. The molecular weight excluding hydrogens is 456 g/mol. The molecule has 3 saturated carbocycles. The zero-order chi connectivity index (χ0) is 23.5. The zero-order valence-electron chi connectivity index (χ0n) is 20.5. The van der Waals surface area contributed by atoms with Gasteiger partial charge in [-0.3, -0.25) is 19.4 Å². The SMILES string of the molecule is O=C1[C@@H]2[C@H]3CC[C@@H](C3)[C@@H]2C(=O)N1C[C@@H]1CCCC[C@H]1CN1CCN(c2nsc3ccccc23)CC1. The Morgan fingerprint density at radius 1 is 0.829 bits per heavy atom. The highest BCUT2D eigenvalue weighted by Crippen LogP contribution is 2.56. The Balaban J connectivity index is 0.986. The van der Waals surface area contributed by atoms with Crippen molar-refractivity contribution in [2.45, 2.75) is 44.9 Å². The van der Waals surface area contributed by atoms with Gasteiger partial charge in [0.05, 0.1) is 16.5 Å². The average molecular weight is 493 g/mol. The van der Waals surface area contributed by atoms with Crippen molar-refractivity contribution in [3.63, 3.8) is 0 Å². The van der Waals surface area contributed by atoms with Gasteiger partial charge in [-0.05, 0) is 79.4 Å². The molecule has 6 atom stereocenters. The highest BCUT2D eigenvalue weighted by Gasteiger charge is 2.61. The average Bonchev–Trinajstić information content (AvgIpc) is 3.66. The molecule has 0 spiro atoms. The lowest BCUT2D eigenvalue weighted by Crippen LogP contribution is -2.49. The van der Waals surface area contributed by atoms with Crippen molar-refractivity contribution in [1.82, 2.24) is 14.2 Å². The van der Waals surface area contributed by atoms with Gasteiger partial charge in [-0.1, -0.05) is 25.0 Å². The Labute approximate surface area is 211 Å². The van der Waals surface area contributed by atoms with Crippen molar-refractivity contribution < 1.29 is 9.59 Å². The van der Waals surface area contributed by atoms with Gasteiger partial charge < -0.3 is 4.90 Å². The number of carbonyl (C=O) groups is 2. The zero-order valence-corrected chi connectivity index (χ0v) is 21.3. The molecule has 3 heterocycles. The van der Waals surface area contributed by atoms with Crippen LogP contribution in [0.5, 0.6) is 0 Å². The van der Waals surface area contributed by atoms with Crippen LogP contribution in [-0.2, 0) is 9.59 Å². The number of piperazine rings is 1. The number of hydrogen-bond acceptors (Lipinski definition) is 6. The van der Waals surface area contributed by atoms with Crippen LogP contribution in [0.3, 0.4) is 0 Å². The maximum atomic E-state index is 13.3. The maximum Gasteiger partial charge on any atom is 0.233 e. The van der Waals surface area contributed by atoms with Crippen molar-refractivity contribution in [2.24, 2.45) is 35.5 Å². The molecular formula is C28H36N4O2S. The molecule has 6 nitrogen and oxygen atoms in total. The molecule has 35 heavy (non-hydrogen) atoms. The first kappa shape index (κ1) is 22.2. The second-order valence-corrected chi connectivity index (χ2v) is 12.6. The second kappa shape index (κ2) is 8.84. The third-order valence-electron chi connectivity index (χ3n) is 10.0. The van der Waals surface area contributed by atoms with Gasteiger partial charge in [0.25, 0.3) is 0 Å². The molecule has 186 valence electrons. The normalized spacial score (nSPS) is 35.4. The van der Waals surface area contributed by atoms with Crippen molar-refractivity contribution in [3.05, 3.63) is 24.3 Å². The van der Waals surface area contributed by atoms with E-state index in [0.29, 0.717) is 30.2 Å². The first-order chi connectivity index (χ1) is 17.2. The maximum absolute atomic E-state index is 13.3. The van der Waals surface area contributed by atoms with E-state index in [1.165, 1.54) is 29.3 Å². The fourth-order valence-corrected chi connectivity index (χ4v) is 9.02. The number of carbonyl (C=O) groups excluding carboxylic acids is 2. The quantitative estimate of drug-likeness (QED) is 0.584. The van der Waals surface area contributed by atoms with E-state index in [1.807, 2.05) is 0 Å². The number of hydrogen-bond donors (Lipinski definition) is 0. The standard InChI is InChI=1S/C28H36N4O2S/c33-27-24-18-9-10-19(15-18)25(24)28(34)32(27)17-21-6-2-1-5-20(21)16-30-11-13-31(14-12-30)26-22-7-3-4-8-23(22)35-29-26/h3-4,7-8,18-21,24-25H,1-2,5-6,9-17H2/t18-,19-,20-,21-,24-,25+/m0/s1. The molecule has 5 aliphatic rings. The molecule has 1 aromatic heterocycles. The van der Waals surface area contributed by atoms with Gasteiger partial charge in [0.2, 0.25) is 11.8 Å². The van der Waals surface area contributed by atoms with Crippen LogP contribution in [0.25, 0.3) is 10.1 Å². The highest BCUT2D eigenvalue weighted by atomic mass is 32.1. The van der Waals surface area contributed by atoms with Crippen molar-refractivity contribution in [2.75, 3.05) is 44.2 Å². The van der Waals surface area contributed by atoms with Crippen LogP contribution in [0.15, 0.2) is 24.3 Å². The summed E-state index contributed by atoms with van der Waals surface area (Å²) < 4.78 is 6.02. The second-order valence-electron chi connectivity index (χ2n) is 11.8. The number of benzene rings is 1. The third-order valence-corrected chi connectivity index (χ3v) is 10.8. The Bertz CT molecular complexity index is 1100. The number of amides is 2. The first-order valence-corrected chi connectivity index (χ1v) is 14.6. The summed E-state index contributed by atoms with van der Waals surface area (Å²) >= 11 is 1.60. The molecule has 2 amide bonds. The van der Waals surface area contributed by atoms with Gasteiger partial charge in [-0.2, -0.15) is 4.37 Å². The Morgan fingerprint density at radius 2 is 1.49 bits per heavy atom. The van der Waals surface area contributed by atoms with E-state index >= 15 is 0 Å².